The monoisotopic (exact) mass is 425 g/mol. The fourth-order valence-electron chi connectivity index (χ4n) is 3.90. The highest BCUT2D eigenvalue weighted by molar-refractivity contribution is 7.99. The van der Waals surface area contributed by atoms with Gasteiger partial charge in [0.2, 0.25) is 0 Å². The van der Waals surface area contributed by atoms with E-state index in [1.807, 2.05) is 30.0 Å². The smallest absolute Gasteiger partial charge is 0.123 e. The van der Waals surface area contributed by atoms with E-state index in [0.717, 1.165) is 55.4 Å². The van der Waals surface area contributed by atoms with E-state index in [1.165, 1.54) is 16.5 Å². The van der Waals surface area contributed by atoms with Gasteiger partial charge in [-0.25, -0.2) is 0 Å². The first-order valence-corrected chi connectivity index (χ1v) is 11.9. The van der Waals surface area contributed by atoms with Crippen LogP contribution in [0.3, 0.4) is 0 Å². The molecule has 1 aromatic heterocycles. The van der Waals surface area contributed by atoms with E-state index in [-0.39, 0.29) is 0 Å². The quantitative estimate of drug-likeness (QED) is 0.435. The molecule has 0 amide bonds. The van der Waals surface area contributed by atoms with Gasteiger partial charge in [0.05, 0.1) is 0 Å². The number of rotatable bonds is 10. The average molecular weight is 426 g/mol. The summed E-state index contributed by atoms with van der Waals surface area (Å²) < 4.78 is 5.97. The molecule has 0 spiro atoms. The summed E-state index contributed by atoms with van der Waals surface area (Å²) in [5.74, 6) is 3.16. The van der Waals surface area contributed by atoms with E-state index in [9.17, 15) is 5.11 Å². The average Bonchev–Trinajstić information content (AvgIpc) is 3.20. The fourth-order valence-corrected chi connectivity index (χ4v) is 4.87. The van der Waals surface area contributed by atoms with Crippen LogP contribution in [0.4, 0.5) is 0 Å². The molecule has 160 valence electrons. The van der Waals surface area contributed by atoms with Crippen LogP contribution in [-0.4, -0.2) is 65.4 Å². The standard InChI is InChI=1S/C24H31N3O2S/c28-21(17-27-11-13-30-14-12-27)18-29-24-8-4-1-5-20(24)15-25-10-9-19-16-26-23-7-3-2-6-22(19)23/h1-8,16,21,25-26,28H,9-15,17-18H2. The largest absolute Gasteiger partial charge is 0.491 e. The number of benzene rings is 2. The van der Waals surface area contributed by atoms with Crippen LogP contribution >= 0.6 is 11.8 Å². The van der Waals surface area contributed by atoms with Crippen LogP contribution < -0.4 is 10.1 Å². The van der Waals surface area contributed by atoms with Gasteiger partial charge in [-0.05, 0) is 30.7 Å². The molecule has 1 fully saturated rings. The molecule has 1 aliphatic rings. The zero-order chi connectivity index (χ0) is 20.6. The lowest BCUT2D eigenvalue weighted by atomic mass is 10.1. The van der Waals surface area contributed by atoms with Crippen molar-refractivity contribution in [2.75, 3.05) is 44.3 Å². The lowest BCUT2D eigenvalue weighted by Crippen LogP contribution is -2.40. The predicted octanol–water partition coefficient (Wildman–Crippen LogP) is 3.29. The van der Waals surface area contributed by atoms with Crippen LogP contribution in [0.25, 0.3) is 10.9 Å². The van der Waals surface area contributed by atoms with Gasteiger partial charge in [0.15, 0.2) is 0 Å². The lowest BCUT2D eigenvalue weighted by molar-refractivity contribution is 0.0711. The van der Waals surface area contributed by atoms with Gasteiger partial charge in [-0.1, -0.05) is 36.4 Å². The normalized spacial score (nSPS) is 16.0. The molecule has 1 unspecified atom stereocenters. The highest BCUT2D eigenvalue weighted by atomic mass is 32.2. The van der Waals surface area contributed by atoms with E-state index in [0.29, 0.717) is 13.2 Å². The van der Waals surface area contributed by atoms with E-state index >= 15 is 0 Å². The second-order valence-electron chi connectivity index (χ2n) is 7.77. The molecule has 30 heavy (non-hydrogen) atoms. The summed E-state index contributed by atoms with van der Waals surface area (Å²) in [5.41, 5.74) is 3.65. The number of β-amino-alcohol motifs (C(OH)–C–C–N with tert-alkyl or cyclic N) is 1. The Morgan fingerprint density at radius 3 is 2.77 bits per heavy atom. The summed E-state index contributed by atoms with van der Waals surface area (Å²) in [5, 5.41) is 15.2. The highest BCUT2D eigenvalue weighted by Crippen LogP contribution is 2.20. The highest BCUT2D eigenvalue weighted by Gasteiger charge is 2.15. The molecule has 1 aliphatic heterocycles. The Bertz CT molecular complexity index is 923. The Hall–Kier alpha value is -1.99. The summed E-state index contributed by atoms with van der Waals surface area (Å²) in [6, 6.07) is 16.5. The number of aromatic amines is 1. The maximum atomic E-state index is 10.4. The summed E-state index contributed by atoms with van der Waals surface area (Å²) in [7, 11) is 0. The topological polar surface area (TPSA) is 60.5 Å². The number of aromatic nitrogens is 1. The minimum Gasteiger partial charge on any atom is -0.491 e. The van der Waals surface area contributed by atoms with Crippen LogP contribution in [-0.2, 0) is 13.0 Å². The third kappa shape index (κ3) is 5.79. The van der Waals surface area contributed by atoms with Crippen molar-refractivity contribution in [3.8, 4) is 5.75 Å². The molecule has 1 atom stereocenters. The number of fused-ring (bicyclic) bond motifs is 1. The number of nitrogens with one attached hydrogen (secondary N) is 2. The maximum Gasteiger partial charge on any atom is 0.123 e. The zero-order valence-corrected chi connectivity index (χ0v) is 18.2. The van der Waals surface area contributed by atoms with Gasteiger partial charge in [-0.15, -0.1) is 0 Å². The molecule has 4 rings (SSSR count). The number of ether oxygens (including phenoxy) is 1. The van der Waals surface area contributed by atoms with Crippen molar-refractivity contribution in [2.45, 2.75) is 19.1 Å². The van der Waals surface area contributed by atoms with Crippen LogP contribution in [0.15, 0.2) is 54.7 Å². The first-order chi connectivity index (χ1) is 14.8. The van der Waals surface area contributed by atoms with Gasteiger partial charge in [0, 0.05) is 60.3 Å². The predicted molar refractivity (Wildman–Crippen MR) is 125 cm³/mol. The molecule has 0 bridgehead atoms. The Kier molecular flexibility index (Phi) is 7.70. The molecule has 0 saturated carbocycles. The molecule has 2 aromatic carbocycles. The van der Waals surface area contributed by atoms with Crippen molar-refractivity contribution in [3.63, 3.8) is 0 Å². The zero-order valence-electron chi connectivity index (χ0n) is 17.3. The molecule has 1 saturated heterocycles. The first-order valence-electron chi connectivity index (χ1n) is 10.7. The molecule has 0 radical (unpaired) electrons. The third-order valence-corrected chi connectivity index (χ3v) is 6.48. The Labute approximate surface area is 182 Å². The van der Waals surface area contributed by atoms with Crippen molar-refractivity contribution in [1.29, 1.82) is 0 Å². The first kappa shape index (κ1) is 21.2. The molecule has 3 N–H and O–H groups in total. The van der Waals surface area contributed by atoms with Gasteiger partial charge in [-0.3, -0.25) is 4.90 Å². The molecular formula is C24H31N3O2S. The minimum absolute atomic E-state index is 0.329. The number of thioether (sulfide) groups is 1. The van der Waals surface area contributed by atoms with Gasteiger partial charge in [-0.2, -0.15) is 11.8 Å². The lowest BCUT2D eigenvalue weighted by Gasteiger charge is -2.28. The summed E-state index contributed by atoms with van der Waals surface area (Å²) in [4.78, 5) is 5.66. The van der Waals surface area contributed by atoms with Crippen LogP contribution in [0.5, 0.6) is 5.75 Å². The van der Waals surface area contributed by atoms with Crippen LogP contribution in [0.2, 0.25) is 0 Å². The Morgan fingerprint density at radius 1 is 1.07 bits per heavy atom. The number of hydrogen-bond donors (Lipinski definition) is 3. The van der Waals surface area contributed by atoms with Crippen molar-refractivity contribution < 1.29 is 9.84 Å². The maximum absolute atomic E-state index is 10.4. The van der Waals surface area contributed by atoms with E-state index in [1.54, 1.807) is 0 Å². The Balaban J connectivity index is 1.23. The molecule has 6 heteroatoms. The molecule has 0 aliphatic carbocycles. The van der Waals surface area contributed by atoms with Crippen LogP contribution in [0, 0.1) is 0 Å². The molecule has 5 nitrogen and oxygen atoms in total. The number of aliphatic hydroxyl groups excluding tert-OH is 1. The number of hydrogen-bond acceptors (Lipinski definition) is 5. The number of para-hydroxylation sites is 2. The number of H-pyrrole nitrogens is 1. The van der Waals surface area contributed by atoms with Gasteiger partial charge in [0.25, 0.3) is 0 Å². The molecule has 2 heterocycles. The van der Waals surface area contributed by atoms with Crippen LogP contribution in [0.1, 0.15) is 11.1 Å². The molecular weight excluding hydrogens is 394 g/mol. The van der Waals surface area contributed by atoms with E-state index in [4.69, 9.17) is 4.74 Å². The summed E-state index contributed by atoms with van der Waals surface area (Å²) in [6.45, 7) is 4.77. The van der Waals surface area contributed by atoms with Crippen molar-refractivity contribution in [3.05, 3.63) is 65.9 Å². The minimum atomic E-state index is -0.462. The third-order valence-electron chi connectivity index (χ3n) is 5.54. The van der Waals surface area contributed by atoms with Gasteiger partial charge >= 0.3 is 0 Å². The number of aliphatic hydroxyl groups is 1. The SMILES string of the molecule is OC(COc1ccccc1CNCCc1c[nH]c2ccccc12)CN1CCSCC1. The van der Waals surface area contributed by atoms with Crippen molar-refractivity contribution in [2.24, 2.45) is 0 Å². The van der Waals surface area contributed by atoms with Crippen molar-refractivity contribution >= 4 is 22.7 Å². The Morgan fingerprint density at radius 2 is 1.87 bits per heavy atom. The van der Waals surface area contributed by atoms with Gasteiger partial charge < -0.3 is 20.1 Å². The van der Waals surface area contributed by atoms with Gasteiger partial charge in [0.1, 0.15) is 18.5 Å². The second-order valence-corrected chi connectivity index (χ2v) is 9.00. The number of nitrogens with zero attached hydrogens (tertiary/aromatic N) is 1. The fraction of sp³-hybridized carbons (Fsp3) is 0.417. The van der Waals surface area contributed by atoms with E-state index < -0.39 is 6.10 Å². The van der Waals surface area contributed by atoms with Crippen molar-refractivity contribution in [1.82, 2.24) is 15.2 Å². The van der Waals surface area contributed by atoms with E-state index in [2.05, 4.69) is 51.7 Å². The molecule has 3 aromatic rings. The summed E-state index contributed by atoms with van der Waals surface area (Å²) >= 11 is 1.98. The summed E-state index contributed by atoms with van der Waals surface area (Å²) in [6.07, 6.45) is 2.61. The second kappa shape index (κ2) is 10.9.